The number of likely N-dealkylation sites (tertiary alicyclic amines) is 1. The van der Waals surface area contributed by atoms with Gasteiger partial charge in [-0.2, -0.15) is 0 Å². The molecule has 0 saturated carbocycles. The molecule has 0 spiro atoms. The molecule has 0 bridgehead atoms. The molecule has 1 aliphatic heterocycles. The number of carbonyl (C=O) groups excluding carboxylic acids is 4. The highest BCUT2D eigenvalue weighted by Crippen LogP contribution is 2.28. The highest BCUT2D eigenvalue weighted by molar-refractivity contribution is 7.13. The first-order valence-electron chi connectivity index (χ1n) is 14.0. The van der Waals surface area contributed by atoms with Crippen molar-refractivity contribution in [3.63, 3.8) is 0 Å². The fraction of sp³-hybridized carbons (Fsp3) is 0.567. The molecule has 0 aliphatic carbocycles. The second-order valence-electron chi connectivity index (χ2n) is 12.8. The lowest BCUT2D eigenvalue weighted by Gasteiger charge is -2.36. The third-order valence-electron chi connectivity index (χ3n) is 6.82. The lowest BCUT2D eigenvalue weighted by atomic mass is 9.85. The molecule has 4 amide bonds. The highest BCUT2D eigenvalue weighted by atomic mass is 32.1. The second kappa shape index (κ2) is 13.2. The Hall–Kier alpha value is -3.51. The predicted octanol–water partition coefficient (Wildman–Crippen LogP) is 3.14. The van der Waals surface area contributed by atoms with Crippen LogP contribution in [0, 0.1) is 12.3 Å². The van der Waals surface area contributed by atoms with Gasteiger partial charge in [-0.3, -0.25) is 14.4 Å². The highest BCUT2D eigenvalue weighted by Gasteiger charge is 2.44. The zero-order valence-corrected chi connectivity index (χ0v) is 26.4. The van der Waals surface area contributed by atoms with Gasteiger partial charge < -0.3 is 30.7 Å². The Kier molecular flexibility index (Phi) is 10.4. The number of hydrogen-bond acceptors (Lipinski definition) is 8. The van der Waals surface area contributed by atoms with E-state index in [9.17, 15) is 24.3 Å². The summed E-state index contributed by atoms with van der Waals surface area (Å²) in [5.41, 5.74) is 3.23. The first-order valence-corrected chi connectivity index (χ1v) is 14.9. The molecule has 42 heavy (non-hydrogen) atoms. The van der Waals surface area contributed by atoms with E-state index >= 15 is 0 Å². The van der Waals surface area contributed by atoms with E-state index in [1.165, 1.54) is 11.8 Å². The fourth-order valence-electron chi connectivity index (χ4n) is 4.60. The van der Waals surface area contributed by atoms with Gasteiger partial charge in [-0.05, 0) is 51.2 Å². The zero-order chi connectivity index (χ0) is 31.4. The van der Waals surface area contributed by atoms with E-state index in [0.717, 1.165) is 21.7 Å². The number of alkyl carbamates (subject to hydrolysis) is 1. The third-order valence-corrected chi connectivity index (χ3v) is 7.80. The molecule has 2 heterocycles. The van der Waals surface area contributed by atoms with Crippen LogP contribution in [0.3, 0.4) is 0 Å². The van der Waals surface area contributed by atoms with Crippen molar-refractivity contribution in [3.05, 3.63) is 41.0 Å². The molecule has 230 valence electrons. The van der Waals surface area contributed by atoms with E-state index in [1.54, 1.807) is 58.4 Å². The second-order valence-corrected chi connectivity index (χ2v) is 13.6. The number of thiazole rings is 1. The Morgan fingerprint density at radius 2 is 1.74 bits per heavy atom. The monoisotopic (exact) mass is 601 g/mol. The minimum absolute atomic E-state index is 0.0338. The Morgan fingerprint density at radius 3 is 2.29 bits per heavy atom. The molecule has 0 radical (unpaired) electrons. The number of nitrogens with zero attached hydrogens (tertiary/aromatic N) is 2. The summed E-state index contributed by atoms with van der Waals surface area (Å²) in [6, 6.07) is 4.92. The smallest absolute Gasteiger partial charge is 0.408 e. The summed E-state index contributed by atoms with van der Waals surface area (Å²) >= 11 is 1.57. The largest absolute Gasteiger partial charge is 0.444 e. The van der Waals surface area contributed by atoms with Crippen molar-refractivity contribution in [2.75, 3.05) is 6.54 Å². The average molecular weight is 602 g/mol. The standard InChI is InChI=1S/C30H43N5O6S/c1-17-23(42-16-32-17)20-11-9-19(10-12-20)14-31-26(38)22-13-21(36)15-35(22)27(39)24(29(3,4)5)34-25(37)18(2)33-28(40)41-30(6,7)8/h9-12,16,18,21-22,24,36H,13-15H2,1-8H3,(H,31,38)(H,33,40)(H,34,37)/t18-,21+,22-,24?/m0/s1. The number of aliphatic hydroxyl groups excluding tert-OH is 1. The summed E-state index contributed by atoms with van der Waals surface area (Å²) < 4.78 is 5.21. The van der Waals surface area contributed by atoms with Gasteiger partial charge in [-0.25, -0.2) is 9.78 Å². The molecule has 1 saturated heterocycles. The predicted molar refractivity (Wildman–Crippen MR) is 160 cm³/mol. The van der Waals surface area contributed by atoms with Crippen LogP contribution in [0.15, 0.2) is 29.8 Å². The lowest BCUT2D eigenvalue weighted by Crippen LogP contribution is -2.60. The van der Waals surface area contributed by atoms with Gasteiger partial charge in [0.1, 0.15) is 23.7 Å². The van der Waals surface area contributed by atoms with Gasteiger partial charge in [-0.1, -0.05) is 45.0 Å². The van der Waals surface area contributed by atoms with Crippen molar-refractivity contribution in [1.82, 2.24) is 25.8 Å². The van der Waals surface area contributed by atoms with Crippen LogP contribution < -0.4 is 16.0 Å². The number of ether oxygens (including phenoxy) is 1. The number of amides is 4. The first kappa shape index (κ1) is 33.0. The molecular weight excluding hydrogens is 558 g/mol. The van der Waals surface area contributed by atoms with Crippen molar-refractivity contribution in [3.8, 4) is 10.4 Å². The van der Waals surface area contributed by atoms with Gasteiger partial charge in [0.05, 0.1) is 22.2 Å². The number of carbonyl (C=O) groups is 4. The molecule has 12 heteroatoms. The number of hydrogen-bond donors (Lipinski definition) is 4. The fourth-order valence-corrected chi connectivity index (χ4v) is 5.41. The maximum Gasteiger partial charge on any atom is 0.408 e. The number of rotatable bonds is 8. The van der Waals surface area contributed by atoms with Crippen LogP contribution in [-0.2, 0) is 25.7 Å². The summed E-state index contributed by atoms with van der Waals surface area (Å²) in [4.78, 5) is 58.9. The minimum atomic E-state index is -1.02. The number of aliphatic hydroxyl groups is 1. The molecule has 2 aromatic rings. The van der Waals surface area contributed by atoms with Gasteiger partial charge in [0, 0.05) is 19.5 Å². The molecule has 1 fully saturated rings. The van der Waals surface area contributed by atoms with E-state index in [1.807, 2.05) is 31.2 Å². The lowest BCUT2D eigenvalue weighted by molar-refractivity contribution is -0.144. The normalized spacial score (nSPS) is 18.6. The molecule has 1 unspecified atom stereocenters. The van der Waals surface area contributed by atoms with Gasteiger partial charge in [0.15, 0.2) is 0 Å². The van der Waals surface area contributed by atoms with Crippen LogP contribution in [-0.4, -0.2) is 75.2 Å². The Balaban J connectivity index is 1.66. The van der Waals surface area contributed by atoms with E-state index in [4.69, 9.17) is 4.74 Å². The summed E-state index contributed by atoms with van der Waals surface area (Å²) in [5, 5.41) is 18.5. The number of aromatic nitrogens is 1. The van der Waals surface area contributed by atoms with Gasteiger partial charge in [0.2, 0.25) is 17.7 Å². The maximum atomic E-state index is 13.8. The number of β-amino-alcohol motifs (C(OH)–C–C–N with tert-alkyl or cyclic N) is 1. The van der Waals surface area contributed by atoms with Crippen molar-refractivity contribution in [2.24, 2.45) is 5.41 Å². The van der Waals surface area contributed by atoms with E-state index in [2.05, 4.69) is 20.9 Å². The van der Waals surface area contributed by atoms with E-state index < -0.39 is 53.2 Å². The minimum Gasteiger partial charge on any atom is -0.444 e. The van der Waals surface area contributed by atoms with Gasteiger partial charge in [0.25, 0.3) is 0 Å². The molecule has 1 aromatic heterocycles. The quantitative estimate of drug-likeness (QED) is 0.363. The average Bonchev–Trinajstić information content (AvgIpc) is 3.49. The third kappa shape index (κ3) is 8.75. The van der Waals surface area contributed by atoms with E-state index in [0.29, 0.717) is 0 Å². The maximum absolute atomic E-state index is 13.8. The molecule has 1 aromatic carbocycles. The Labute approximate surface area is 251 Å². The van der Waals surface area contributed by atoms with Crippen LogP contribution in [0.4, 0.5) is 4.79 Å². The van der Waals surface area contributed by atoms with Crippen molar-refractivity contribution in [1.29, 1.82) is 0 Å². The van der Waals surface area contributed by atoms with Crippen LogP contribution in [0.25, 0.3) is 10.4 Å². The summed E-state index contributed by atoms with van der Waals surface area (Å²) in [6.07, 6.45) is -1.55. The van der Waals surface area contributed by atoms with Crippen LogP contribution in [0.5, 0.6) is 0 Å². The van der Waals surface area contributed by atoms with Gasteiger partial charge in [-0.15, -0.1) is 11.3 Å². The molecule has 4 N–H and O–H groups in total. The first-order chi connectivity index (χ1) is 19.5. The Bertz CT molecular complexity index is 1280. The van der Waals surface area contributed by atoms with E-state index in [-0.39, 0.29) is 25.4 Å². The van der Waals surface area contributed by atoms with Gasteiger partial charge >= 0.3 is 6.09 Å². The molecule has 3 rings (SSSR count). The van der Waals surface area contributed by atoms with Crippen LogP contribution in [0.1, 0.15) is 66.1 Å². The number of nitrogens with one attached hydrogen (secondary N) is 3. The number of benzene rings is 1. The molecular formula is C30H43N5O6S. The number of aryl methyl sites for hydroxylation is 1. The molecule has 4 atom stereocenters. The zero-order valence-electron chi connectivity index (χ0n) is 25.6. The summed E-state index contributed by atoms with van der Waals surface area (Å²) in [5.74, 6) is -1.45. The van der Waals surface area contributed by atoms with Crippen molar-refractivity contribution >= 4 is 35.2 Å². The SMILES string of the molecule is Cc1ncsc1-c1ccc(CNC(=O)[C@@H]2C[C@@H](O)CN2C(=O)C(NC(=O)[C@H](C)NC(=O)OC(C)(C)C)C(C)(C)C)cc1. The Morgan fingerprint density at radius 1 is 1.10 bits per heavy atom. The summed E-state index contributed by atoms with van der Waals surface area (Å²) in [6.45, 7) is 14.2. The van der Waals surface area contributed by atoms with Crippen molar-refractivity contribution < 1.29 is 29.0 Å². The molecule has 1 aliphatic rings. The summed E-state index contributed by atoms with van der Waals surface area (Å²) in [7, 11) is 0. The van der Waals surface area contributed by atoms with Crippen LogP contribution in [0.2, 0.25) is 0 Å². The molecule has 11 nitrogen and oxygen atoms in total. The van der Waals surface area contributed by atoms with Crippen LogP contribution >= 0.6 is 11.3 Å². The van der Waals surface area contributed by atoms with Crippen molar-refractivity contribution in [2.45, 2.75) is 98.2 Å². The topological polar surface area (TPSA) is 150 Å².